The molecule has 0 bridgehead atoms. The lowest BCUT2D eigenvalue weighted by molar-refractivity contribution is -0.146. The Kier molecular flexibility index (Phi) is 19.2. The molecule has 0 saturated heterocycles. The highest BCUT2D eigenvalue weighted by atomic mass is 16.6. The van der Waals surface area contributed by atoms with Gasteiger partial charge in [-0.25, -0.2) is 4.79 Å². The van der Waals surface area contributed by atoms with Gasteiger partial charge in [0, 0.05) is 18.9 Å². The standard InChI is InChI=1S/C45H62N2O8/c1-4-5-6-7-8-9-10-11-12-13-14-15-19-32-53-35-43(47-31-30-42(49)46-44(47)50)55-41(33-48)34-54-45(36-20-17-16-18-21-36,37-22-26-39(51-2)27-23-37)38-24-28-40(52-3)29-25-38/h16-18,20-31,41,43,48H,4-15,19,32-35H2,1-3H3,(H,46,49,50)/t41-,43+/m0/s1. The fraction of sp³-hybridized carbons (Fsp3) is 0.511. The van der Waals surface area contributed by atoms with Crippen molar-refractivity contribution >= 4 is 0 Å². The van der Waals surface area contributed by atoms with E-state index in [0.29, 0.717) is 18.1 Å². The fourth-order valence-corrected chi connectivity index (χ4v) is 6.89. The molecule has 2 N–H and O–H groups in total. The topological polar surface area (TPSA) is 121 Å². The van der Waals surface area contributed by atoms with Gasteiger partial charge in [0.15, 0.2) is 6.23 Å². The lowest BCUT2D eigenvalue weighted by Crippen LogP contribution is -2.40. The number of methoxy groups -OCH3 is 2. The highest BCUT2D eigenvalue weighted by molar-refractivity contribution is 5.49. The second kappa shape index (κ2) is 24.3. The molecule has 0 aliphatic rings. The summed E-state index contributed by atoms with van der Waals surface area (Å²) in [5, 5.41) is 10.7. The van der Waals surface area contributed by atoms with Crippen molar-refractivity contribution in [2.24, 2.45) is 0 Å². The third-order valence-electron chi connectivity index (χ3n) is 10.0. The summed E-state index contributed by atoms with van der Waals surface area (Å²) in [6, 6.07) is 26.5. The van der Waals surface area contributed by atoms with Crippen molar-refractivity contribution in [1.82, 2.24) is 9.55 Å². The van der Waals surface area contributed by atoms with Gasteiger partial charge in [-0.2, -0.15) is 0 Å². The molecule has 0 spiro atoms. The molecule has 1 heterocycles. The highest BCUT2D eigenvalue weighted by Crippen LogP contribution is 2.42. The maximum Gasteiger partial charge on any atom is 0.330 e. The normalized spacial score (nSPS) is 12.7. The number of aliphatic hydroxyl groups excluding tert-OH is 1. The Morgan fingerprint density at radius 3 is 1.65 bits per heavy atom. The van der Waals surface area contributed by atoms with Crippen LogP contribution in [0.5, 0.6) is 11.5 Å². The first kappa shape index (κ1) is 43.5. The van der Waals surface area contributed by atoms with Gasteiger partial charge in [-0.3, -0.25) is 14.3 Å². The minimum Gasteiger partial charge on any atom is -0.497 e. The predicted octanol–water partition coefficient (Wildman–Crippen LogP) is 8.55. The summed E-state index contributed by atoms with van der Waals surface area (Å²) in [6.45, 7) is 2.34. The van der Waals surface area contributed by atoms with Gasteiger partial charge < -0.3 is 28.8 Å². The van der Waals surface area contributed by atoms with Crippen LogP contribution in [0.4, 0.5) is 0 Å². The van der Waals surface area contributed by atoms with Crippen molar-refractivity contribution in [3.8, 4) is 11.5 Å². The van der Waals surface area contributed by atoms with E-state index >= 15 is 0 Å². The molecule has 55 heavy (non-hydrogen) atoms. The first-order valence-electron chi connectivity index (χ1n) is 20.1. The van der Waals surface area contributed by atoms with Crippen LogP contribution < -0.4 is 20.7 Å². The molecule has 1 aromatic heterocycles. The largest absolute Gasteiger partial charge is 0.497 e. The number of aliphatic hydroxyl groups is 1. The molecule has 3 aromatic carbocycles. The number of hydrogen-bond acceptors (Lipinski definition) is 8. The molecule has 0 amide bonds. The maximum atomic E-state index is 12.9. The van der Waals surface area contributed by atoms with Gasteiger partial charge in [0.25, 0.3) is 5.56 Å². The molecular weight excluding hydrogens is 697 g/mol. The van der Waals surface area contributed by atoms with Gasteiger partial charge in [-0.15, -0.1) is 0 Å². The predicted molar refractivity (Wildman–Crippen MR) is 217 cm³/mol. The second-order valence-electron chi connectivity index (χ2n) is 14.0. The number of unbranched alkanes of at least 4 members (excludes halogenated alkanes) is 12. The summed E-state index contributed by atoms with van der Waals surface area (Å²) in [4.78, 5) is 27.2. The number of benzene rings is 3. The van der Waals surface area contributed by atoms with Crippen molar-refractivity contribution in [2.45, 2.75) is 108 Å². The van der Waals surface area contributed by atoms with Crippen LogP contribution in [-0.2, 0) is 19.8 Å². The SMILES string of the molecule is CCCCCCCCCCCCCCCOC[C@@H](O[C@@H](CO)COC(c1ccccc1)(c1ccc(OC)cc1)c1ccc(OC)cc1)n1ccc(=O)[nH]c1=O. The second-order valence-corrected chi connectivity index (χ2v) is 14.0. The van der Waals surface area contributed by atoms with Crippen LogP contribution in [-0.4, -0.2) is 61.4 Å². The van der Waals surface area contributed by atoms with Gasteiger partial charge in [-0.1, -0.05) is 139 Å². The molecule has 0 radical (unpaired) electrons. The summed E-state index contributed by atoms with van der Waals surface area (Å²) in [6.07, 6.45) is 15.9. The number of aromatic nitrogens is 2. The Hall–Kier alpha value is -4.22. The number of hydrogen-bond donors (Lipinski definition) is 2. The minimum atomic E-state index is -1.13. The molecule has 0 aliphatic heterocycles. The lowest BCUT2D eigenvalue weighted by atomic mass is 9.80. The van der Waals surface area contributed by atoms with Crippen molar-refractivity contribution in [3.63, 3.8) is 0 Å². The van der Waals surface area contributed by atoms with Crippen LogP contribution in [0.1, 0.15) is 113 Å². The first-order valence-corrected chi connectivity index (χ1v) is 20.1. The Labute approximate surface area is 326 Å². The zero-order valence-corrected chi connectivity index (χ0v) is 33.1. The zero-order chi connectivity index (χ0) is 39.1. The van der Waals surface area contributed by atoms with E-state index in [1.807, 2.05) is 78.9 Å². The molecule has 4 rings (SSSR count). The van der Waals surface area contributed by atoms with Gasteiger partial charge in [0.05, 0.1) is 34.0 Å². The first-order chi connectivity index (χ1) is 26.9. The van der Waals surface area contributed by atoms with Crippen LogP contribution in [0.15, 0.2) is 101 Å². The van der Waals surface area contributed by atoms with Crippen molar-refractivity contribution in [1.29, 1.82) is 0 Å². The van der Waals surface area contributed by atoms with E-state index in [4.69, 9.17) is 23.7 Å². The summed E-state index contributed by atoms with van der Waals surface area (Å²) in [5.74, 6) is 1.40. The summed E-state index contributed by atoms with van der Waals surface area (Å²) in [7, 11) is 3.24. The molecule has 0 aliphatic carbocycles. The van der Waals surface area contributed by atoms with Gasteiger partial charge in [-0.05, 0) is 47.4 Å². The smallest absolute Gasteiger partial charge is 0.330 e. The quantitative estimate of drug-likeness (QED) is 0.0437. The Balaban J connectivity index is 1.43. The summed E-state index contributed by atoms with van der Waals surface area (Å²) < 4.78 is 31.6. The maximum absolute atomic E-state index is 12.9. The number of rotatable bonds is 28. The van der Waals surface area contributed by atoms with E-state index in [9.17, 15) is 14.7 Å². The number of nitrogens with zero attached hydrogens (tertiary/aromatic N) is 1. The van der Waals surface area contributed by atoms with E-state index in [0.717, 1.165) is 36.0 Å². The fourth-order valence-electron chi connectivity index (χ4n) is 6.89. The molecule has 0 unspecified atom stereocenters. The number of ether oxygens (including phenoxy) is 5. The molecular formula is C45H62N2O8. The molecule has 10 heteroatoms. The van der Waals surface area contributed by atoms with E-state index in [2.05, 4.69) is 11.9 Å². The molecule has 10 nitrogen and oxygen atoms in total. The Bertz CT molecular complexity index is 1680. The number of H-pyrrole nitrogens is 1. The van der Waals surface area contributed by atoms with Crippen molar-refractivity contribution in [3.05, 3.63) is 129 Å². The van der Waals surface area contributed by atoms with Crippen LogP contribution in [0.3, 0.4) is 0 Å². The van der Waals surface area contributed by atoms with Gasteiger partial charge in [0.2, 0.25) is 0 Å². The summed E-state index contributed by atoms with van der Waals surface area (Å²) in [5.41, 5.74) is 0.241. The highest BCUT2D eigenvalue weighted by Gasteiger charge is 2.39. The van der Waals surface area contributed by atoms with Crippen LogP contribution in [0.2, 0.25) is 0 Å². The Morgan fingerprint density at radius 2 is 1.16 bits per heavy atom. The van der Waals surface area contributed by atoms with Crippen LogP contribution in [0, 0.1) is 0 Å². The van der Waals surface area contributed by atoms with Crippen LogP contribution >= 0.6 is 0 Å². The zero-order valence-electron chi connectivity index (χ0n) is 33.1. The summed E-state index contributed by atoms with van der Waals surface area (Å²) >= 11 is 0. The number of aromatic amines is 1. The Morgan fingerprint density at radius 1 is 0.655 bits per heavy atom. The van der Waals surface area contributed by atoms with Crippen molar-refractivity contribution in [2.75, 3.05) is 40.6 Å². The average Bonchev–Trinajstić information content (AvgIpc) is 3.22. The van der Waals surface area contributed by atoms with E-state index in [1.54, 1.807) is 14.2 Å². The molecule has 0 saturated carbocycles. The molecule has 4 aromatic rings. The van der Waals surface area contributed by atoms with Crippen molar-refractivity contribution < 1.29 is 28.8 Å². The van der Waals surface area contributed by atoms with Gasteiger partial charge >= 0.3 is 5.69 Å². The monoisotopic (exact) mass is 758 g/mol. The average molecular weight is 759 g/mol. The number of nitrogens with one attached hydrogen (secondary N) is 1. The minimum absolute atomic E-state index is 0.0431. The van der Waals surface area contributed by atoms with Gasteiger partial charge in [0.1, 0.15) is 23.2 Å². The lowest BCUT2D eigenvalue weighted by Gasteiger charge is -2.37. The molecule has 0 fully saturated rings. The van der Waals surface area contributed by atoms with E-state index < -0.39 is 35.8 Å². The molecule has 2 atom stereocenters. The van der Waals surface area contributed by atoms with Crippen LogP contribution in [0.25, 0.3) is 0 Å². The van der Waals surface area contributed by atoms with E-state index in [1.165, 1.54) is 81.0 Å². The molecule has 300 valence electrons. The van der Waals surface area contributed by atoms with E-state index in [-0.39, 0.29) is 13.2 Å². The third kappa shape index (κ3) is 13.5. The third-order valence-corrected chi connectivity index (χ3v) is 10.0.